The fraction of sp³-hybridized carbons (Fsp3) is 0.0385. The van der Waals surface area contributed by atoms with Gasteiger partial charge in [0, 0.05) is 23.2 Å². The van der Waals surface area contributed by atoms with E-state index in [1.54, 1.807) is 48.5 Å². The van der Waals surface area contributed by atoms with Crippen molar-refractivity contribution in [3.63, 3.8) is 0 Å². The van der Waals surface area contributed by atoms with Gasteiger partial charge in [0.05, 0.1) is 22.5 Å². The molecule has 174 valence electrons. The van der Waals surface area contributed by atoms with Gasteiger partial charge < -0.3 is 15.6 Å². The second-order valence-electron chi connectivity index (χ2n) is 7.71. The van der Waals surface area contributed by atoms with Crippen LogP contribution >= 0.6 is 0 Å². The van der Waals surface area contributed by atoms with Gasteiger partial charge in [-0.3, -0.25) is 24.5 Å². The van der Waals surface area contributed by atoms with Crippen LogP contribution < -0.4 is 16.2 Å². The summed E-state index contributed by atoms with van der Waals surface area (Å²) in [5.41, 5.74) is 2.14. The summed E-state index contributed by atoms with van der Waals surface area (Å²) in [4.78, 5) is 50.9. The van der Waals surface area contributed by atoms with Crippen LogP contribution in [0.15, 0.2) is 84.2 Å². The fourth-order valence-electron chi connectivity index (χ4n) is 3.52. The van der Waals surface area contributed by atoms with Gasteiger partial charge in [0.1, 0.15) is 5.56 Å². The molecule has 0 bridgehead atoms. The standard InChI is InChI=1S/C26H20N4O5/c1-2-16-6-10-18(11-7-16)27-25(32)21-15-20-22(4-3-5-23(20)29-26(21)33)28-24(31)14-17-8-12-19(13-9-17)30(34)35/h2-13,15H,1,14H2,(H,27,32)(H,28,31)(H,29,33). The Morgan fingerprint density at radius 1 is 1.00 bits per heavy atom. The summed E-state index contributed by atoms with van der Waals surface area (Å²) in [7, 11) is 0. The number of amides is 2. The Labute approximate surface area is 199 Å². The number of fused-ring (bicyclic) bond motifs is 1. The van der Waals surface area contributed by atoms with Crippen LogP contribution in [0.3, 0.4) is 0 Å². The topological polar surface area (TPSA) is 134 Å². The maximum Gasteiger partial charge on any atom is 0.269 e. The normalized spacial score (nSPS) is 10.5. The van der Waals surface area contributed by atoms with E-state index < -0.39 is 16.4 Å². The molecule has 1 heterocycles. The number of rotatable bonds is 7. The average Bonchev–Trinajstić information content (AvgIpc) is 2.84. The highest BCUT2D eigenvalue weighted by Gasteiger charge is 2.15. The number of nitro benzene ring substituents is 1. The number of nitro groups is 1. The first-order chi connectivity index (χ1) is 16.8. The first-order valence-corrected chi connectivity index (χ1v) is 10.6. The first kappa shape index (κ1) is 23.1. The van der Waals surface area contributed by atoms with E-state index in [9.17, 15) is 24.5 Å². The zero-order valence-electron chi connectivity index (χ0n) is 18.4. The number of pyridine rings is 1. The van der Waals surface area contributed by atoms with E-state index in [0.717, 1.165) is 5.56 Å². The van der Waals surface area contributed by atoms with E-state index in [2.05, 4.69) is 22.2 Å². The molecule has 2 amide bonds. The molecule has 0 fully saturated rings. The lowest BCUT2D eigenvalue weighted by atomic mass is 10.1. The molecule has 9 nitrogen and oxygen atoms in total. The summed E-state index contributed by atoms with van der Waals surface area (Å²) >= 11 is 0. The van der Waals surface area contributed by atoms with Crippen LogP contribution in [0.5, 0.6) is 0 Å². The van der Waals surface area contributed by atoms with Crippen LogP contribution in [0.2, 0.25) is 0 Å². The van der Waals surface area contributed by atoms with Crippen molar-refractivity contribution in [2.24, 2.45) is 0 Å². The highest BCUT2D eigenvalue weighted by molar-refractivity contribution is 6.08. The van der Waals surface area contributed by atoms with Crippen molar-refractivity contribution in [1.29, 1.82) is 0 Å². The van der Waals surface area contributed by atoms with Gasteiger partial charge in [-0.15, -0.1) is 0 Å². The minimum atomic E-state index is -0.591. The number of aromatic nitrogens is 1. The molecule has 9 heteroatoms. The van der Waals surface area contributed by atoms with Crippen LogP contribution in [0, 0.1) is 10.1 Å². The average molecular weight is 468 g/mol. The van der Waals surface area contributed by atoms with E-state index in [4.69, 9.17) is 0 Å². The molecule has 1 aromatic heterocycles. The molecule has 0 aliphatic heterocycles. The van der Waals surface area contributed by atoms with Crippen LogP contribution in [0.4, 0.5) is 17.1 Å². The molecule has 0 saturated heterocycles. The van der Waals surface area contributed by atoms with E-state index in [-0.39, 0.29) is 23.6 Å². The highest BCUT2D eigenvalue weighted by Crippen LogP contribution is 2.23. The second kappa shape index (κ2) is 9.84. The molecule has 4 rings (SSSR count). The van der Waals surface area contributed by atoms with E-state index >= 15 is 0 Å². The Hall–Kier alpha value is -5.05. The Kier molecular flexibility index (Phi) is 6.50. The molecule has 35 heavy (non-hydrogen) atoms. The molecule has 0 aliphatic carbocycles. The lowest BCUT2D eigenvalue weighted by Crippen LogP contribution is -2.23. The molecule has 3 aromatic carbocycles. The van der Waals surface area contributed by atoms with Crippen molar-refractivity contribution in [1.82, 2.24) is 4.98 Å². The second-order valence-corrected chi connectivity index (χ2v) is 7.71. The Morgan fingerprint density at radius 3 is 2.37 bits per heavy atom. The molecule has 0 unspecified atom stereocenters. The zero-order valence-corrected chi connectivity index (χ0v) is 18.4. The lowest BCUT2D eigenvalue weighted by Gasteiger charge is -2.11. The predicted octanol–water partition coefficient (Wildman–Crippen LogP) is 4.51. The van der Waals surface area contributed by atoms with Crippen LogP contribution in [-0.2, 0) is 11.2 Å². The monoisotopic (exact) mass is 468 g/mol. The van der Waals surface area contributed by atoms with Crippen LogP contribution in [0.1, 0.15) is 21.5 Å². The number of non-ortho nitro benzene ring substituents is 1. The van der Waals surface area contributed by atoms with Gasteiger partial charge in [0.15, 0.2) is 0 Å². The third-order valence-corrected chi connectivity index (χ3v) is 5.32. The minimum absolute atomic E-state index is 0.00815. The first-order valence-electron chi connectivity index (χ1n) is 10.6. The molecule has 0 spiro atoms. The SMILES string of the molecule is C=Cc1ccc(NC(=O)c2cc3c(NC(=O)Cc4ccc([N+](=O)[O-])cc4)cccc3[nH]c2=O)cc1. The molecule has 0 atom stereocenters. The summed E-state index contributed by atoms with van der Waals surface area (Å²) in [6.07, 6.45) is 1.67. The maximum absolute atomic E-state index is 12.8. The molecular formula is C26H20N4O5. The third kappa shape index (κ3) is 5.31. The van der Waals surface area contributed by atoms with Gasteiger partial charge in [0.25, 0.3) is 17.2 Å². The minimum Gasteiger partial charge on any atom is -0.325 e. The number of anilines is 2. The number of hydrogen-bond donors (Lipinski definition) is 3. The summed E-state index contributed by atoms with van der Waals surface area (Å²) < 4.78 is 0. The van der Waals surface area contributed by atoms with Crippen molar-refractivity contribution in [2.75, 3.05) is 10.6 Å². The largest absolute Gasteiger partial charge is 0.325 e. The lowest BCUT2D eigenvalue weighted by molar-refractivity contribution is -0.384. The van der Waals surface area contributed by atoms with Gasteiger partial charge in [-0.1, -0.05) is 43.0 Å². The predicted molar refractivity (Wildman–Crippen MR) is 134 cm³/mol. The number of nitrogens with zero attached hydrogens (tertiary/aromatic N) is 1. The molecular weight excluding hydrogens is 448 g/mol. The highest BCUT2D eigenvalue weighted by atomic mass is 16.6. The van der Waals surface area contributed by atoms with Crippen molar-refractivity contribution < 1.29 is 14.5 Å². The number of benzene rings is 3. The van der Waals surface area contributed by atoms with E-state index in [1.807, 2.05) is 0 Å². The number of carbonyl (C=O) groups excluding carboxylic acids is 2. The fourth-order valence-corrected chi connectivity index (χ4v) is 3.52. The molecule has 0 radical (unpaired) electrons. The van der Waals surface area contributed by atoms with Crippen molar-refractivity contribution in [3.8, 4) is 0 Å². The molecule has 0 aliphatic rings. The number of aromatic amines is 1. The number of nitrogens with one attached hydrogen (secondary N) is 3. The maximum atomic E-state index is 12.8. The van der Waals surface area contributed by atoms with Gasteiger partial charge in [-0.25, -0.2) is 0 Å². The van der Waals surface area contributed by atoms with E-state index in [1.165, 1.54) is 30.3 Å². The summed E-state index contributed by atoms with van der Waals surface area (Å²) in [5, 5.41) is 16.8. The van der Waals surface area contributed by atoms with E-state index in [0.29, 0.717) is 27.8 Å². The Balaban J connectivity index is 1.56. The number of H-pyrrole nitrogens is 1. The smallest absolute Gasteiger partial charge is 0.269 e. The zero-order chi connectivity index (χ0) is 24.9. The Morgan fingerprint density at radius 2 is 1.71 bits per heavy atom. The third-order valence-electron chi connectivity index (χ3n) is 5.32. The van der Waals surface area contributed by atoms with Gasteiger partial charge in [-0.05, 0) is 41.5 Å². The molecule has 3 N–H and O–H groups in total. The van der Waals surface area contributed by atoms with Crippen molar-refractivity contribution in [3.05, 3.63) is 117 Å². The quantitative estimate of drug-likeness (QED) is 0.271. The summed E-state index contributed by atoms with van der Waals surface area (Å²) in [5.74, 6) is -0.947. The van der Waals surface area contributed by atoms with Crippen molar-refractivity contribution >= 4 is 45.9 Å². The molecule has 4 aromatic rings. The van der Waals surface area contributed by atoms with Crippen LogP contribution in [-0.4, -0.2) is 21.7 Å². The van der Waals surface area contributed by atoms with Gasteiger partial charge >= 0.3 is 0 Å². The Bertz CT molecular complexity index is 1510. The summed E-state index contributed by atoms with van der Waals surface area (Å²) in [6, 6.07) is 19.1. The van der Waals surface area contributed by atoms with Gasteiger partial charge in [-0.2, -0.15) is 0 Å². The van der Waals surface area contributed by atoms with Crippen LogP contribution in [0.25, 0.3) is 17.0 Å². The number of carbonyl (C=O) groups is 2. The molecule has 0 saturated carbocycles. The summed E-state index contributed by atoms with van der Waals surface area (Å²) in [6.45, 7) is 3.68. The van der Waals surface area contributed by atoms with Crippen molar-refractivity contribution in [2.45, 2.75) is 6.42 Å². The van der Waals surface area contributed by atoms with Gasteiger partial charge in [0.2, 0.25) is 5.91 Å². The number of hydrogen-bond acceptors (Lipinski definition) is 5.